The summed E-state index contributed by atoms with van der Waals surface area (Å²) >= 11 is 1.38. The SMILES string of the molecule is Cc1nc(NC(=O)c2cc(S(=O)(=O)N3CCOCC3)c[nH]2)sc1C. The highest BCUT2D eigenvalue weighted by atomic mass is 32.2. The zero-order valence-corrected chi connectivity index (χ0v) is 15.0. The molecule has 10 heteroatoms. The van der Waals surface area contributed by atoms with Gasteiger partial charge in [-0.1, -0.05) is 0 Å². The quantitative estimate of drug-likeness (QED) is 0.846. The predicted octanol–water partition coefficient (Wildman–Crippen LogP) is 1.36. The first-order valence-electron chi connectivity index (χ1n) is 7.39. The fourth-order valence-corrected chi connectivity index (χ4v) is 4.49. The van der Waals surface area contributed by atoms with Crippen LogP contribution >= 0.6 is 11.3 Å². The molecule has 0 saturated carbocycles. The maximum Gasteiger partial charge on any atom is 0.273 e. The molecule has 1 aliphatic heterocycles. The fraction of sp³-hybridized carbons (Fsp3) is 0.429. The largest absolute Gasteiger partial charge is 0.379 e. The fourth-order valence-electron chi connectivity index (χ4n) is 2.28. The van der Waals surface area contributed by atoms with Gasteiger partial charge in [0.2, 0.25) is 10.0 Å². The number of ether oxygens (including phenoxy) is 1. The Morgan fingerprint density at radius 1 is 1.38 bits per heavy atom. The molecule has 3 rings (SSSR count). The molecule has 0 bridgehead atoms. The Kier molecular flexibility index (Phi) is 4.72. The van der Waals surface area contributed by atoms with Crippen molar-refractivity contribution in [2.75, 3.05) is 31.6 Å². The van der Waals surface area contributed by atoms with E-state index in [1.54, 1.807) is 0 Å². The van der Waals surface area contributed by atoms with Gasteiger partial charge in [-0.25, -0.2) is 13.4 Å². The average molecular weight is 370 g/mol. The molecule has 0 atom stereocenters. The molecular weight excluding hydrogens is 352 g/mol. The smallest absolute Gasteiger partial charge is 0.273 e. The van der Waals surface area contributed by atoms with Gasteiger partial charge in [-0.05, 0) is 19.9 Å². The highest BCUT2D eigenvalue weighted by molar-refractivity contribution is 7.89. The Balaban J connectivity index is 1.75. The number of carbonyl (C=O) groups excluding carboxylic acids is 1. The van der Waals surface area contributed by atoms with Crippen LogP contribution in [-0.4, -0.2) is 54.9 Å². The molecule has 0 radical (unpaired) electrons. The molecule has 2 aromatic heterocycles. The highest BCUT2D eigenvalue weighted by Crippen LogP contribution is 2.22. The second-order valence-corrected chi connectivity index (χ2v) is 8.52. The Bertz CT molecular complexity index is 831. The van der Waals surface area contributed by atoms with E-state index in [1.807, 2.05) is 13.8 Å². The van der Waals surface area contributed by atoms with E-state index in [4.69, 9.17) is 4.74 Å². The second-order valence-electron chi connectivity index (χ2n) is 5.38. The Hall–Kier alpha value is -1.75. The molecular formula is C14H18N4O4S2. The molecule has 1 aliphatic rings. The minimum absolute atomic E-state index is 0.0704. The van der Waals surface area contributed by atoms with Crippen molar-refractivity contribution in [3.05, 3.63) is 28.5 Å². The first-order chi connectivity index (χ1) is 11.4. The highest BCUT2D eigenvalue weighted by Gasteiger charge is 2.28. The zero-order chi connectivity index (χ0) is 17.3. The summed E-state index contributed by atoms with van der Waals surface area (Å²) in [5, 5.41) is 3.16. The lowest BCUT2D eigenvalue weighted by molar-refractivity contribution is 0.0730. The van der Waals surface area contributed by atoms with Crippen molar-refractivity contribution in [2.45, 2.75) is 18.7 Å². The van der Waals surface area contributed by atoms with Crippen molar-refractivity contribution in [1.82, 2.24) is 14.3 Å². The van der Waals surface area contributed by atoms with Crippen molar-refractivity contribution in [2.24, 2.45) is 0 Å². The average Bonchev–Trinajstić information content (AvgIpc) is 3.16. The van der Waals surface area contributed by atoms with Crippen LogP contribution in [0, 0.1) is 13.8 Å². The van der Waals surface area contributed by atoms with Crippen LogP contribution in [0.4, 0.5) is 5.13 Å². The van der Waals surface area contributed by atoms with Gasteiger partial charge in [0.15, 0.2) is 5.13 Å². The summed E-state index contributed by atoms with van der Waals surface area (Å²) in [5.74, 6) is -0.424. The third-order valence-electron chi connectivity index (χ3n) is 3.76. The number of hydrogen-bond acceptors (Lipinski definition) is 6. The lowest BCUT2D eigenvalue weighted by Crippen LogP contribution is -2.40. The number of aromatic amines is 1. The molecule has 3 heterocycles. The van der Waals surface area contributed by atoms with Crippen LogP contribution in [0.15, 0.2) is 17.2 Å². The van der Waals surface area contributed by atoms with Crippen molar-refractivity contribution in [3.63, 3.8) is 0 Å². The van der Waals surface area contributed by atoms with Gasteiger partial charge in [0.25, 0.3) is 5.91 Å². The maximum absolute atomic E-state index is 12.5. The monoisotopic (exact) mass is 370 g/mol. The Morgan fingerprint density at radius 2 is 2.08 bits per heavy atom. The van der Waals surface area contributed by atoms with E-state index < -0.39 is 15.9 Å². The number of rotatable bonds is 4. The summed E-state index contributed by atoms with van der Waals surface area (Å²) in [4.78, 5) is 20.3. The number of nitrogens with one attached hydrogen (secondary N) is 2. The standard InChI is InChI=1S/C14H18N4O4S2/c1-9-10(2)23-14(16-9)17-13(19)12-7-11(8-15-12)24(20,21)18-3-5-22-6-4-18/h7-8,15H,3-6H2,1-2H3,(H,16,17,19). The van der Waals surface area contributed by atoms with Gasteiger partial charge in [-0.15, -0.1) is 11.3 Å². The van der Waals surface area contributed by atoms with Crippen LogP contribution in [0.3, 0.4) is 0 Å². The molecule has 24 heavy (non-hydrogen) atoms. The molecule has 0 aromatic carbocycles. The van der Waals surface area contributed by atoms with Gasteiger partial charge in [0, 0.05) is 24.2 Å². The minimum Gasteiger partial charge on any atom is -0.379 e. The van der Waals surface area contributed by atoms with Crippen molar-refractivity contribution < 1.29 is 17.9 Å². The van der Waals surface area contributed by atoms with E-state index in [-0.39, 0.29) is 10.6 Å². The molecule has 1 fully saturated rings. The van der Waals surface area contributed by atoms with Crippen LogP contribution in [0.2, 0.25) is 0 Å². The summed E-state index contributed by atoms with van der Waals surface area (Å²) < 4.78 is 31.6. The van der Waals surface area contributed by atoms with Gasteiger partial charge in [0.05, 0.1) is 18.9 Å². The Morgan fingerprint density at radius 3 is 2.71 bits per heavy atom. The van der Waals surface area contributed by atoms with E-state index >= 15 is 0 Å². The molecule has 2 aromatic rings. The summed E-state index contributed by atoms with van der Waals surface area (Å²) in [5.41, 5.74) is 1.03. The lowest BCUT2D eigenvalue weighted by Gasteiger charge is -2.25. The zero-order valence-electron chi connectivity index (χ0n) is 13.3. The normalized spacial score (nSPS) is 16.2. The minimum atomic E-state index is -3.62. The molecule has 0 aliphatic carbocycles. The van der Waals surface area contributed by atoms with Crippen LogP contribution < -0.4 is 5.32 Å². The van der Waals surface area contributed by atoms with Crippen LogP contribution in [0.5, 0.6) is 0 Å². The summed E-state index contributed by atoms with van der Waals surface area (Å²) in [7, 11) is -3.62. The molecule has 2 N–H and O–H groups in total. The first-order valence-corrected chi connectivity index (χ1v) is 9.65. The molecule has 1 saturated heterocycles. The van der Waals surface area contributed by atoms with Gasteiger partial charge in [0.1, 0.15) is 10.6 Å². The molecule has 1 amide bonds. The van der Waals surface area contributed by atoms with Gasteiger partial charge >= 0.3 is 0 Å². The van der Waals surface area contributed by atoms with Gasteiger partial charge in [-0.3, -0.25) is 10.1 Å². The molecule has 0 spiro atoms. The van der Waals surface area contributed by atoms with Crippen molar-refractivity contribution in [3.8, 4) is 0 Å². The molecule has 0 unspecified atom stereocenters. The topological polar surface area (TPSA) is 104 Å². The van der Waals surface area contributed by atoms with E-state index in [1.165, 1.54) is 27.9 Å². The number of nitrogens with zero attached hydrogens (tertiary/aromatic N) is 2. The molecule has 130 valence electrons. The van der Waals surface area contributed by atoms with E-state index in [9.17, 15) is 13.2 Å². The van der Waals surface area contributed by atoms with Gasteiger partial charge in [-0.2, -0.15) is 4.31 Å². The predicted molar refractivity (Wildman–Crippen MR) is 89.9 cm³/mol. The van der Waals surface area contributed by atoms with E-state index in [2.05, 4.69) is 15.3 Å². The summed E-state index contributed by atoms with van der Waals surface area (Å²) in [6.07, 6.45) is 1.33. The number of sulfonamides is 1. The number of anilines is 1. The van der Waals surface area contributed by atoms with Crippen molar-refractivity contribution in [1.29, 1.82) is 0 Å². The summed E-state index contributed by atoms with van der Waals surface area (Å²) in [6, 6.07) is 1.34. The number of aryl methyl sites for hydroxylation is 2. The van der Waals surface area contributed by atoms with E-state index in [0.717, 1.165) is 10.6 Å². The molecule has 8 nitrogen and oxygen atoms in total. The maximum atomic E-state index is 12.5. The van der Waals surface area contributed by atoms with Crippen LogP contribution in [0.1, 0.15) is 21.1 Å². The third kappa shape index (κ3) is 3.36. The first kappa shape index (κ1) is 17.1. The number of aromatic nitrogens is 2. The number of carbonyl (C=O) groups is 1. The second kappa shape index (κ2) is 6.63. The Labute approximate surface area is 143 Å². The number of amides is 1. The van der Waals surface area contributed by atoms with Crippen molar-refractivity contribution >= 4 is 32.4 Å². The van der Waals surface area contributed by atoms with Gasteiger partial charge < -0.3 is 9.72 Å². The third-order valence-corrected chi connectivity index (χ3v) is 6.62. The number of morpholine rings is 1. The number of thiazole rings is 1. The number of H-pyrrole nitrogens is 1. The lowest BCUT2D eigenvalue weighted by atomic mass is 10.4. The summed E-state index contributed by atoms with van der Waals surface area (Å²) in [6.45, 7) is 5.16. The van der Waals surface area contributed by atoms with Crippen LogP contribution in [0.25, 0.3) is 0 Å². The van der Waals surface area contributed by atoms with Crippen LogP contribution in [-0.2, 0) is 14.8 Å². The number of hydrogen-bond donors (Lipinski definition) is 2. The van der Waals surface area contributed by atoms with E-state index in [0.29, 0.717) is 31.4 Å².